The summed E-state index contributed by atoms with van der Waals surface area (Å²) in [4.78, 5) is 16.0. The maximum Gasteiger partial charge on any atom is 0.349 e. The predicted molar refractivity (Wildman–Crippen MR) is 107 cm³/mol. The van der Waals surface area contributed by atoms with E-state index in [1.807, 2.05) is 68.5 Å². The van der Waals surface area contributed by atoms with E-state index in [4.69, 9.17) is 9.47 Å². The fourth-order valence-corrected chi connectivity index (χ4v) is 2.47. The number of carbonyl (C=O) groups is 1. The van der Waals surface area contributed by atoms with E-state index in [-0.39, 0.29) is 6.61 Å². The highest BCUT2D eigenvalue weighted by atomic mass is 16.6. The van der Waals surface area contributed by atoms with E-state index in [9.17, 15) is 4.79 Å². The second-order valence-corrected chi connectivity index (χ2v) is 6.21. The first kappa shape index (κ1) is 18.4. The molecule has 1 heterocycles. The van der Waals surface area contributed by atoms with Gasteiger partial charge in [0.1, 0.15) is 11.5 Å². The van der Waals surface area contributed by atoms with Crippen molar-refractivity contribution in [3.05, 3.63) is 89.2 Å². The summed E-state index contributed by atoms with van der Waals surface area (Å²) in [7, 11) is 0. The van der Waals surface area contributed by atoms with Crippen LogP contribution in [0.4, 0.5) is 0 Å². The lowest BCUT2D eigenvalue weighted by molar-refractivity contribution is -0.136. The molecule has 27 heavy (non-hydrogen) atoms. The molecule has 0 aliphatic heterocycles. The highest BCUT2D eigenvalue weighted by Crippen LogP contribution is 2.19. The van der Waals surface area contributed by atoms with E-state index < -0.39 is 5.97 Å². The Hall–Kier alpha value is -3.40. The number of benzene rings is 2. The molecule has 0 unspecified atom stereocenters. The van der Waals surface area contributed by atoms with Gasteiger partial charge in [0.2, 0.25) is 0 Å². The molecule has 0 atom stereocenters. The monoisotopic (exact) mass is 359 g/mol. The normalized spacial score (nSPS) is 10.7. The topological polar surface area (TPSA) is 48.4 Å². The van der Waals surface area contributed by atoms with Gasteiger partial charge < -0.3 is 9.47 Å². The van der Waals surface area contributed by atoms with Crippen LogP contribution in [0.5, 0.6) is 11.5 Å². The van der Waals surface area contributed by atoms with Gasteiger partial charge in [-0.05, 0) is 66.4 Å². The number of aryl methyl sites for hydroxylation is 2. The molecule has 0 fully saturated rings. The van der Waals surface area contributed by atoms with Crippen LogP contribution in [0.1, 0.15) is 22.3 Å². The van der Waals surface area contributed by atoms with Crippen LogP contribution in [-0.4, -0.2) is 17.6 Å². The summed E-state index contributed by atoms with van der Waals surface area (Å²) in [6.45, 7) is 3.79. The lowest BCUT2D eigenvalue weighted by Crippen LogP contribution is -2.18. The van der Waals surface area contributed by atoms with Gasteiger partial charge in [-0.2, -0.15) is 0 Å². The van der Waals surface area contributed by atoms with Crippen molar-refractivity contribution in [2.24, 2.45) is 0 Å². The van der Waals surface area contributed by atoms with E-state index in [2.05, 4.69) is 4.98 Å². The quantitative estimate of drug-likeness (QED) is 0.466. The SMILES string of the molecule is Cc1ccc(C)c(OCC(=O)Oc2ccc(/C=C/c3ccncc3)cc2)c1. The molecule has 2 aromatic carbocycles. The van der Waals surface area contributed by atoms with Crippen molar-refractivity contribution in [2.75, 3.05) is 6.61 Å². The van der Waals surface area contributed by atoms with Crippen LogP contribution in [0.15, 0.2) is 67.0 Å². The van der Waals surface area contributed by atoms with Crippen LogP contribution < -0.4 is 9.47 Å². The first-order valence-corrected chi connectivity index (χ1v) is 8.69. The molecule has 0 spiro atoms. The third kappa shape index (κ3) is 5.54. The summed E-state index contributed by atoms with van der Waals surface area (Å²) in [5.41, 5.74) is 4.15. The zero-order chi connectivity index (χ0) is 19.1. The Balaban J connectivity index is 1.54. The lowest BCUT2D eigenvalue weighted by Gasteiger charge is -2.10. The number of rotatable bonds is 6. The zero-order valence-electron chi connectivity index (χ0n) is 15.4. The van der Waals surface area contributed by atoms with Crippen molar-refractivity contribution in [3.8, 4) is 11.5 Å². The van der Waals surface area contributed by atoms with Crippen LogP contribution in [0.3, 0.4) is 0 Å². The van der Waals surface area contributed by atoms with Gasteiger partial charge in [0.15, 0.2) is 6.61 Å². The standard InChI is InChI=1S/C23H21NO3/c1-17-3-4-18(2)22(15-17)26-16-23(25)27-21-9-7-19(8-10-21)5-6-20-11-13-24-14-12-20/h3-15H,16H2,1-2H3/b6-5+. The summed E-state index contributed by atoms with van der Waals surface area (Å²) in [5, 5.41) is 0. The summed E-state index contributed by atoms with van der Waals surface area (Å²) >= 11 is 0. The maximum absolute atomic E-state index is 12.0. The zero-order valence-corrected chi connectivity index (χ0v) is 15.4. The molecule has 1 aromatic heterocycles. The van der Waals surface area contributed by atoms with Crippen LogP contribution in [0.2, 0.25) is 0 Å². The Morgan fingerprint density at radius 1 is 0.926 bits per heavy atom. The van der Waals surface area contributed by atoms with Crippen molar-refractivity contribution in [1.29, 1.82) is 0 Å². The Kier molecular flexibility index (Phi) is 6.00. The number of esters is 1. The van der Waals surface area contributed by atoms with Crippen LogP contribution in [-0.2, 0) is 4.79 Å². The van der Waals surface area contributed by atoms with E-state index >= 15 is 0 Å². The predicted octanol–water partition coefficient (Wildman–Crippen LogP) is 4.85. The highest BCUT2D eigenvalue weighted by Gasteiger charge is 2.08. The molecule has 0 saturated carbocycles. The summed E-state index contributed by atoms with van der Waals surface area (Å²) < 4.78 is 10.9. The van der Waals surface area contributed by atoms with Crippen LogP contribution >= 0.6 is 0 Å². The highest BCUT2D eigenvalue weighted by molar-refractivity contribution is 5.74. The molecule has 4 heteroatoms. The smallest absolute Gasteiger partial charge is 0.349 e. The fourth-order valence-electron chi connectivity index (χ4n) is 2.47. The van der Waals surface area contributed by atoms with Crippen molar-refractivity contribution in [1.82, 2.24) is 4.98 Å². The third-order valence-electron chi connectivity index (χ3n) is 3.98. The average molecular weight is 359 g/mol. The number of nitrogens with zero attached hydrogens (tertiary/aromatic N) is 1. The number of carbonyl (C=O) groups excluding carboxylic acids is 1. The molecule has 3 rings (SSSR count). The number of ether oxygens (including phenoxy) is 2. The Morgan fingerprint density at radius 3 is 2.30 bits per heavy atom. The lowest BCUT2D eigenvalue weighted by atomic mass is 10.1. The van der Waals surface area contributed by atoms with E-state index in [1.165, 1.54) is 0 Å². The third-order valence-corrected chi connectivity index (χ3v) is 3.98. The Labute approximate surface area is 159 Å². The molecular formula is C23H21NO3. The van der Waals surface area contributed by atoms with E-state index in [0.29, 0.717) is 11.5 Å². The van der Waals surface area contributed by atoms with Gasteiger partial charge in [0, 0.05) is 12.4 Å². The number of hydrogen-bond acceptors (Lipinski definition) is 4. The Morgan fingerprint density at radius 2 is 1.59 bits per heavy atom. The molecule has 0 aliphatic carbocycles. The maximum atomic E-state index is 12.0. The summed E-state index contributed by atoms with van der Waals surface area (Å²) in [6.07, 6.45) is 7.50. The first-order valence-electron chi connectivity index (χ1n) is 8.69. The molecule has 3 aromatic rings. The van der Waals surface area contributed by atoms with Gasteiger partial charge in [-0.3, -0.25) is 4.98 Å². The van der Waals surface area contributed by atoms with E-state index in [0.717, 1.165) is 22.3 Å². The van der Waals surface area contributed by atoms with Crippen molar-refractivity contribution in [3.63, 3.8) is 0 Å². The van der Waals surface area contributed by atoms with Gasteiger partial charge in [-0.1, -0.05) is 36.4 Å². The molecule has 0 saturated heterocycles. The molecule has 0 amide bonds. The second kappa shape index (κ2) is 8.81. The largest absolute Gasteiger partial charge is 0.482 e. The minimum absolute atomic E-state index is 0.131. The van der Waals surface area contributed by atoms with Crippen LogP contribution in [0, 0.1) is 13.8 Å². The minimum Gasteiger partial charge on any atom is -0.482 e. The minimum atomic E-state index is -0.434. The number of hydrogen-bond donors (Lipinski definition) is 0. The molecule has 0 bridgehead atoms. The van der Waals surface area contributed by atoms with Gasteiger partial charge in [0.25, 0.3) is 0 Å². The molecule has 0 aliphatic rings. The van der Waals surface area contributed by atoms with Crippen molar-refractivity contribution in [2.45, 2.75) is 13.8 Å². The fraction of sp³-hybridized carbons (Fsp3) is 0.130. The molecule has 136 valence electrons. The number of pyridine rings is 1. The van der Waals surface area contributed by atoms with Gasteiger partial charge in [-0.15, -0.1) is 0 Å². The second-order valence-electron chi connectivity index (χ2n) is 6.21. The van der Waals surface area contributed by atoms with Gasteiger partial charge in [-0.25, -0.2) is 4.79 Å². The summed E-state index contributed by atoms with van der Waals surface area (Å²) in [5.74, 6) is 0.755. The van der Waals surface area contributed by atoms with Gasteiger partial charge >= 0.3 is 5.97 Å². The van der Waals surface area contributed by atoms with Gasteiger partial charge in [0.05, 0.1) is 0 Å². The van der Waals surface area contributed by atoms with E-state index in [1.54, 1.807) is 24.5 Å². The first-order chi connectivity index (χ1) is 13.1. The average Bonchev–Trinajstić information content (AvgIpc) is 2.69. The molecule has 0 radical (unpaired) electrons. The van der Waals surface area contributed by atoms with Crippen molar-refractivity contribution >= 4 is 18.1 Å². The van der Waals surface area contributed by atoms with Crippen molar-refractivity contribution < 1.29 is 14.3 Å². The Bertz CT molecular complexity index is 932. The molecule has 4 nitrogen and oxygen atoms in total. The number of aromatic nitrogens is 1. The summed E-state index contributed by atoms with van der Waals surface area (Å²) in [6, 6.07) is 17.1. The molecular weight excluding hydrogens is 338 g/mol. The van der Waals surface area contributed by atoms with Crippen LogP contribution in [0.25, 0.3) is 12.2 Å². The molecule has 0 N–H and O–H groups in total.